The molecule has 0 spiro atoms. The molecule has 0 aliphatic rings. The minimum atomic E-state index is -0.800. The third kappa shape index (κ3) is 3.34. The highest BCUT2D eigenvalue weighted by Gasteiger charge is 2.18. The van der Waals surface area contributed by atoms with Gasteiger partial charge in [0.25, 0.3) is 0 Å². The minimum Gasteiger partial charge on any atom is -0.481 e. The molecule has 0 aliphatic carbocycles. The molecule has 0 radical (unpaired) electrons. The highest BCUT2D eigenvalue weighted by molar-refractivity contribution is 5.82. The summed E-state index contributed by atoms with van der Waals surface area (Å²) in [6.07, 6.45) is 1.98. The van der Waals surface area contributed by atoms with Gasteiger partial charge in [0.15, 0.2) is 0 Å². The number of carbonyl (C=O) groups is 1. The van der Waals surface area contributed by atoms with Crippen LogP contribution in [0, 0.1) is 13.8 Å². The Morgan fingerprint density at radius 1 is 1.17 bits per heavy atom. The van der Waals surface area contributed by atoms with Gasteiger partial charge in [-0.2, -0.15) is 0 Å². The Balaban J connectivity index is 1.86. The molecule has 2 aromatic carbocycles. The summed E-state index contributed by atoms with van der Waals surface area (Å²) in [6.45, 7) is 4.71. The van der Waals surface area contributed by atoms with E-state index < -0.39 is 5.97 Å². The van der Waals surface area contributed by atoms with Gasteiger partial charge in [0.1, 0.15) is 0 Å². The van der Waals surface area contributed by atoms with Gasteiger partial charge in [-0.15, -0.1) is 0 Å². The molecule has 0 saturated heterocycles. The van der Waals surface area contributed by atoms with E-state index in [1.807, 2.05) is 37.4 Å². The summed E-state index contributed by atoms with van der Waals surface area (Å²) in [6, 6.07) is 14.0. The number of hydrogen-bond donors (Lipinski definition) is 3. The molecule has 1 heterocycles. The van der Waals surface area contributed by atoms with Gasteiger partial charge in [-0.05, 0) is 47.6 Å². The smallest absolute Gasteiger partial charge is 0.305 e. The molecule has 0 fully saturated rings. The normalized spacial score (nSPS) is 12.4. The van der Waals surface area contributed by atoms with Crippen LogP contribution in [0.1, 0.15) is 34.7 Å². The highest BCUT2D eigenvalue weighted by atomic mass is 16.4. The lowest BCUT2D eigenvalue weighted by atomic mass is 9.95. The van der Waals surface area contributed by atoms with Crippen molar-refractivity contribution < 1.29 is 9.90 Å². The number of nitrogens with one attached hydrogen (secondary N) is 2. The number of aromatic nitrogens is 1. The van der Waals surface area contributed by atoms with Gasteiger partial charge in [0.2, 0.25) is 0 Å². The first-order valence-corrected chi connectivity index (χ1v) is 8.12. The fraction of sp³-hybridized carbons (Fsp3) is 0.250. The van der Waals surface area contributed by atoms with Gasteiger partial charge in [-0.25, -0.2) is 0 Å². The van der Waals surface area contributed by atoms with E-state index in [9.17, 15) is 9.90 Å². The monoisotopic (exact) mass is 322 g/mol. The average molecular weight is 322 g/mol. The van der Waals surface area contributed by atoms with Gasteiger partial charge in [-0.3, -0.25) is 4.79 Å². The predicted molar refractivity (Wildman–Crippen MR) is 96.0 cm³/mol. The molecule has 124 valence electrons. The van der Waals surface area contributed by atoms with Crippen LogP contribution in [-0.2, 0) is 11.3 Å². The quantitative estimate of drug-likeness (QED) is 0.640. The Morgan fingerprint density at radius 3 is 2.75 bits per heavy atom. The zero-order valence-corrected chi connectivity index (χ0v) is 14.0. The van der Waals surface area contributed by atoms with Gasteiger partial charge in [0.05, 0.1) is 6.42 Å². The Hall–Kier alpha value is -2.59. The maximum atomic E-state index is 11.3. The lowest BCUT2D eigenvalue weighted by molar-refractivity contribution is -0.137. The summed E-state index contributed by atoms with van der Waals surface area (Å²) < 4.78 is 0. The van der Waals surface area contributed by atoms with Crippen molar-refractivity contribution in [2.75, 3.05) is 0 Å². The van der Waals surface area contributed by atoms with Crippen LogP contribution < -0.4 is 5.32 Å². The fourth-order valence-corrected chi connectivity index (χ4v) is 3.15. The molecule has 4 nitrogen and oxygen atoms in total. The first kappa shape index (κ1) is 16.3. The summed E-state index contributed by atoms with van der Waals surface area (Å²) in [5.74, 6) is -0.800. The summed E-state index contributed by atoms with van der Waals surface area (Å²) in [4.78, 5) is 14.6. The van der Waals surface area contributed by atoms with Gasteiger partial charge in [0, 0.05) is 24.3 Å². The van der Waals surface area contributed by atoms with E-state index >= 15 is 0 Å². The van der Waals surface area contributed by atoms with Crippen molar-refractivity contribution in [3.05, 3.63) is 70.9 Å². The summed E-state index contributed by atoms with van der Waals surface area (Å²) >= 11 is 0. The number of aromatic amines is 1. The van der Waals surface area contributed by atoms with E-state index in [1.165, 1.54) is 5.56 Å². The van der Waals surface area contributed by atoms with Crippen LogP contribution in [0.5, 0.6) is 0 Å². The molecule has 3 N–H and O–H groups in total. The van der Waals surface area contributed by atoms with Crippen molar-refractivity contribution >= 4 is 16.9 Å². The Kier molecular flexibility index (Phi) is 4.67. The molecular weight excluding hydrogens is 300 g/mol. The third-order valence-corrected chi connectivity index (χ3v) is 4.61. The van der Waals surface area contributed by atoms with E-state index in [0.29, 0.717) is 6.54 Å². The molecule has 0 bridgehead atoms. The van der Waals surface area contributed by atoms with Crippen LogP contribution in [0.2, 0.25) is 0 Å². The first-order chi connectivity index (χ1) is 11.6. The van der Waals surface area contributed by atoms with Crippen LogP contribution in [0.3, 0.4) is 0 Å². The largest absolute Gasteiger partial charge is 0.481 e. The van der Waals surface area contributed by atoms with Crippen LogP contribution in [0.4, 0.5) is 0 Å². The number of para-hydroxylation sites is 1. The Bertz CT molecular complexity index is 867. The summed E-state index contributed by atoms with van der Waals surface area (Å²) in [5.41, 5.74) is 5.61. The fourth-order valence-electron chi connectivity index (χ4n) is 3.15. The second kappa shape index (κ2) is 6.89. The van der Waals surface area contributed by atoms with Crippen molar-refractivity contribution in [1.29, 1.82) is 0 Å². The molecule has 0 aliphatic heterocycles. The molecule has 0 unspecified atom stereocenters. The molecule has 4 heteroatoms. The number of aryl methyl sites for hydroxylation is 1. The van der Waals surface area contributed by atoms with E-state index in [1.54, 1.807) is 0 Å². The summed E-state index contributed by atoms with van der Waals surface area (Å²) in [7, 11) is 0. The lowest BCUT2D eigenvalue weighted by Crippen LogP contribution is -2.24. The molecule has 0 amide bonds. The van der Waals surface area contributed by atoms with Crippen molar-refractivity contribution in [2.45, 2.75) is 32.9 Å². The maximum Gasteiger partial charge on any atom is 0.305 e. The number of fused-ring (bicyclic) bond motifs is 1. The molecule has 3 rings (SSSR count). The van der Waals surface area contributed by atoms with Gasteiger partial charge in [-0.1, -0.05) is 36.4 Å². The highest BCUT2D eigenvalue weighted by Crippen LogP contribution is 2.24. The molecule has 24 heavy (non-hydrogen) atoms. The number of rotatable bonds is 6. The number of hydrogen-bond acceptors (Lipinski definition) is 2. The maximum absolute atomic E-state index is 11.3. The van der Waals surface area contributed by atoms with Gasteiger partial charge >= 0.3 is 5.97 Å². The summed E-state index contributed by atoms with van der Waals surface area (Å²) in [5, 5.41) is 13.9. The molecule has 1 atom stereocenters. The van der Waals surface area contributed by atoms with Crippen LogP contribution in [0.25, 0.3) is 10.9 Å². The Morgan fingerprint density at radius 2 is 1.96 bits per heavy atom. The topological polar surface area (TPSA) is 65.1 Å². The predicted octanol–water partition coefficient (Wildman–Crippen LogP) is 4.09. The number of H-pyrrole nitrogens is 1. The van der Waals surface area contributed by atoms with E-state index in [-0.39, 0.29) is 12.5 Å². The molecule has 3 aromatic rings. The van der Waals surface area contributed by atoms with E-state index in [0.717, 1.165) is 27.6 Å². The van der Waals surface area contributed by atoms with Crippen LogP contribution in [0.15, 0.2) is 48.7 Å². The zero-order chi connectivity index (χ0) is 17.1. The number of benzene rings is 2. The molecule has 1 aromatic heterocycles. The molecule has 0 saturated carbocycles. The van der Waals surface area contributed by atoms with E-state index in [2.05, 4.69) is 35.4 Å². The number of carboxylic acid groups (broad SMARTS) is 1. The van der Waals surface area contributed by atoms with Crippen molar-refractivity contribution in [1.82, 2.24) is 10.3 Å². The average Bonchev–Trinajstić information content (AvgIpc) is 3.03. The zero-order valence-electron chi connectivity index (χ0n) is 14.0. The van der Waals surface area contributed by atoms with Crippen LogP contribution in [-0.4, -0.2) is 16.1 Å². The Labute approximate surface area is 141 Å². The second-order valence-corrected chi connectivity index (χ2v) is 6.18. The minimum absolute atomic E-state index is 0.0605. The lowest BCUT2D eigenvalue weighted by Gasteiger charge is -2.21. The van der Waals surface area contributed by atoms with Gasteiger partial charge < -0.3 is 15.4 Å². The third-order valence-electron chi connectivity index (χ3n) is 4.61. The van der Waals surface area contributed by atoms with Crippen molar-refractivity contribution in [3.63, 3.8) is 0 Å². The molecular formula is C20H22N2O2. The number of aliphatic carboxylic acids is 1. The second-order valence-electron chi connectivity index (χ2n) is 6.18. The first-order valence-electron chi connectivity index (χ1n) is 8.12. The van der Waals surface area contributed by atoms with Crippen LogP contribution >= 0.6 is 0 Å². The van der Waals surface area contributed by atoms with Crippen molar-refractivity contribution in [2.24, 2.45) is 0 Å². The number of carboxylic acids is 1. The SMILES string of the molecule is Cc1cccc([C@@H](CC(=O)O)NCc2cccc3cc[nH]c23)c1C. The van der Waals surface area contributed by atoms with E-state index in [4.69, 9.17) is 0 Å². The van der Waals surface area contributed by atoms with Crippen molar-refractivity contribution in [3.8, 4) is 0 Å². The standard InChI is InChI=1S/C20H22N2O2/c1-13-5-3-8-17(14(13)2)18(11-19(23)24)22-12-16-7-4-6-15-9-10-21-20(15)16/h3-10,18,21-22H,11-12H2,1-2H3,(H,23,24)/t18-/m1/s1.